The molecule has 1 aromatic carbocycles. The van der Waals surface area contributed by atoms with E-state index in [2.05, 4.69) is 10.4 Å². The maximum atomic E-state index is 11.6. The lowest BCUT2D eigenvalue weighted by molar-refractivity contribution is 0.0955. The predicted octanol–water partition coefficient (Wildman–Crippen LogP) is 1.46. The average Bonchev–Trinajstić information content (AvgIpc) is 2.27. The lowest BCUT2D eigenvalue weighted by Gasteiger charge is -2.07. The fourth-order valence-corrected chi connectivity index (χ4v) is 1.74. The fourth-order valence-electron chi connectivity index (χ4n) is 1.74. The molecule has 0 bridgehead atoms. The van der Waals surface area contributed by atoms with Crippen LogP contribution in [0.3, 0.4) is 0 Å². The fraction of sp³-hybridized carbons (Fsp3) is 0.167. The molecule has 0 saturated heterocycles. The van der Waals surface area contributed by atoms with Crippen molar-refractivity contribution in [2.45, 2.75) is 13.8 Å². The molecule has 0 aliphatic heterocycles. The van der Waals surface area contributed by atoms with E-state index >= 15 is 0 Å². The van der Waals surface area contributed by atoms with E-state index in [-0.39, 0.29) is 5.91 Å². The zero-order valence-electron chi connectivity index (χ0n) is 9.24. The highest BCUT2D eigenvalue weighted by atomic mass is 16.2. The Morgan fingerprint density at radius 2 is 2.06 bits per heavy atom. The predicted molar refractivity (Wildman–Crippen MR) is 62.9 cm³/mol. The summed E-state index contributed by atoms with van der Waals surface area (Å²) < 4.78 is 0. The van der Waals surface area contributed by atoms with E-state index in [0.717, 1.165) is 22.2 Å². The number of nitrogens with two attached hydrogens (primary N) is 1. The second-order valence-corrected chi connectivity index (χ2v) is 3.81. The zero-order valence-corrected chi connectivity index (χ0v) is 9.24. The molecule has 0 saturated carbocycles. The van der Waals surface area contributed by atoms with Gasteiger partial charge in [0.25, 0.3) is 5.91 Å². The highest BCUT2D eigenvalue weighted by molar-refractivity contribution is 6.06. The molecule has 16 heavy (non-hydrogen) atoms. The molecule has 0 atom stereocenters. The molecule has 2 rings (SSSR count). The van der Waals surface area contributed by atoms with Gasteiger partial charge in [0.2, 0.25) is 0 Å². The summed E-state index contributed by atoms with van der Waals surface area (Å²) in [5.74, 6) is 4.87. The van der Waals surface area contributed by atoms with Crippen LogP contribution in [0.5, 0.6) is 0 Å². The van der Waals surface area contributed by atoms with Crippen LogP contribution in [0.4, 0.5) is 0 Å². The third-order valence-corrected chi connectivity index (χ3v) is 2.47. The average molecular weight is 215 g/mol. The highest BCUT2D eigenvalue weighted by Crippen LogP contribution is 2.19. The van der Waals surface area contributed by atoms with Crippen LogP contribution in [0.15, 0.2) is 24.3 Å². The van der Waals surface area contributed by atoms with Gasteiger partial charge < -0.3 is 0 Å². The molecular formula is C12H13N3O. The Balaban J connectivity index is 2.79. The number of carbonyl (C=O) groups is 1. The topological polar surface area (TPSA) is 68.0 Å². The number of benzene rings is 1. The number of carbonyl (C=O) groups excluding carboxylic acids is 1. The number of aromatic nitrogens is 1. The first-order valence-corrected chi connectivity index (χ1v) is 5.01. The van der Waals surface area contributed by atoms with Crippen LogP contribution in [-0.4, -0.2) is 10.9 Å². The molecule has 0 fully saturated rings. The summed E-state index contributed by atoms with van der Waals surface area (Å²) in [4.78, 5) is 16.0. The van der Waals surface area contributed by atoms with Crippen LogP contribution in [-0.2, 0) is 0 Å². The van der Waals surface area contributed by atoms with Crippen molar-refractivity contribution in [3.8, 4) is 0 Å². The number of aryl methyl sites for hydroxylation is 2. The van der Waals surface area contributed by atoms with Gasteiger partial charge in [0, 0.05) is 11.1 Å². The number of hydrogen-bond acceptors (Lipinski definition) is 3. The van der Waals surface area contributed by atoms with Crippen molar-refractivity contribution in [2.75, 3.05) is 0 Å². The number of amides is 1. The summed E-state index contributed by atoms with van der Waals surface area (Å²) in [7, 11) is 0. The lowest BCUT2D eigenvalue weighted by Crippen LogP contribution is -2.30. The first-order valence-electron chi connectivity index (χ1n) is 5.01. The summed E-state index contributed by atoms with van der Waals surface area (Å²) in [5.41, 5.74) is 5.41. The smallest absolute Gasteiger partial charge is 0.265 e. The minimum absolute atomic E-state index is 0.291. The van der Waals surface area contributed by atoms with E-state index in [1.54, 1.807) is 6.07 Å². The Morgan fingerprint density at radius 1 is 1.31 bits per heavy atom. The molecule has 3 N–H and O–H groups in total. The van der Waals surface area contributed by atoms with Crippen LogP contribution in [0, 0.1) is 13.8 Å². The number of pyridine rings is 1. The third kappa shape index (κ3) is 1.75. The maximum absolute atomic E-state index is 11.6. The molecule has 4 nitrogen and oxygen atoms in total. The maximum Gasteiger partial charge on any atom is 0.265 e. The van der Waals surface area contributed by atoms with E-state index in [0.29, 0.717) is 5.56 Å². The number of fused-ring (bicyclic) bond motifs is 1. The molecule has 1 heterocycles. The van der Waals surface area contributed by atoms with Gasteiger partial charge in [-0.05, 0) is 32.0 Å². The first kappa shape index (κ1) is 10.6. The standard InChI is InChI=1S/C12H13N3O/c1-7-3-4-11-9(5-7)10(12(16)15-13)6-8(2)14-11/h3-6H,13H2,1-2H3,(H,15,16). The van der Waals surface area contributed by atoms with Crippen molar-refractivity contribution < 1.29 is 4.79 Å². The van der Waals surface area contributed by atoms with E-state index < -0.39 is 0 Å². The number of rotatable bonds is 1. The minimum Gasteiger partial charge on any atom is -0.290 e. The van der Waals surface area contributed by atoms with Crippen molar-refractivity contribution >= 4 is 16.8 Å². The molecule has 1 amide bonds. The van der Waals surface area contributed by atoms with E-state index in [1.165, 1.54) is 0 Å². The Morgan fingerprint density at radius 3 is 2.75 bits per heavy atom. The van der Waals surface area contributed by atoms with Crippen molar-refractivity contribution in [3.63, 3.8) is 0 Å². The van der Waals surface area contributed by atoms with Gasteiger partial charge in [-0.3, -0.25) is 15.2 Å². The van der Waals surface area contributed by atoms with Gasteiger partial charge in [0.15, 0.2) is 0 Å². The molecule has 0 radical (unpaired) electrons. The Labute approximate surface area is 93.4 Å². The second kappa shape index (κ2) is 3.90. The molecule has 0 aliphatic rings. The molecular weight excluding hydrogens is 202 g/mol. The zero-order chi connectivity index (χ0) is 11.7. The van der Waals surface area contributed by atoms with Gasteiger partial charge in [-0.25, -0.2) is 5.84 Å². The van der Waals surface area contributed by atoms with Gasteiger partial charge >= 0.3 is 0 Å². The molecule has 2 aromatic rings. The number of hydrazine groups is 1. The van der Waals surface area contributed by atoms with Gasteiger partial charge in [-0.15, -0.1) is 0 Å². The second-order valence-electron chi connectivity index (χ2n) is 3.81. The van der Waals surface area contributed by atoms with E-state index in [1.807, 2.05) is 32.0 Å². The minimum atomic E-state index is -0.291. The summed E-state index contributed by atoms with van der Waals surface area (Å²) >= 11 is 0. The monoisotopic (exact) mass is 215 g/mol. The number of nitrogens with zero attached hydrogens (tertiary/aromatic N) is 1. The normalized spacial score (nSPS) is 10.4. The van der Waals surface area contributed by atoms with Gasteiger partial charge in [0.1, 0.15) is 0 Å². The SMILES string of the molecule is Cc1ccc2nc(C)cc(C(=O)NN)c2c1. The molecule has 0 unspecified atom stereocenters. The molecule has 82 valence electrons. The van der Waals surface area contributed by atoms with E-state index in [9.17, 15) is 4.79 Å². The third-order valence-electron chi connectivity index (χ3n) is 2.47. The van der Waals surface area contributed by atoms with Crippen molar-refractivity contribution in [3.05, 3.63) is 41.1 Å². The van der Waals surface area contributed by atoms with E-state index in [4.69, 9.17) is 5.84 Å². The highest BCUT2D eigenvalue weighted by Gasteiger charge is 2.10. The molecule has 4 heteroatoms. The molecule has 0 spiro atoms. The summed E-state index contributed by atoms with van der Waals surface area (Å²) in [6.45, 7) is 3.83. The number of nitrogen functional groups attached to an aromatic ring is 1. The number of hydrogen-bond donors (Lipinski definition) is 2. The summed E-state index contributed by atoms with van der Waals surface area (Å²) in [6.07, 6.45) is 0. The van der Waals surface area contributed by atoms with Gasteiger partial charge in [0.05, 0.1) is 11.1 Å². The Kier molecular flexibility index (Phi) is 2.58. The quantitative estimate of drug-likeness (QED) is 0.430. The Bertz CT molecular complexity index is 563. The van der Waals surface area contributed by atoms with Crippen molar-refractivity contribution in [2.24, 2.45) is 5.84 Å². The van der Waals surface area contributed by atoms with Gasteiger partial charge in [-0.1, -0.05) is 11.6 Å². The van der Waals surface area contributed by atoms with Crippen LogP contribution < -0.4 is 11.3 Å². The lowest BCUT2D eigenvalue weighted by atomic mass is 10.1. The molecule has 1 aromatic heterocycles. The summed E-state index contributed by atoms with van der Waals surface area (Å²) in [6, 6.07) is 7.56. The van der Waals surface area contributed by atoms with Crippen LogP contribution in [0.2, 0.25) is 0 Å². The largest absolute Gasteiger partial charge is 0.290 e. The van der Waals surface area contributed by atoms with Gasteiger partial charge in [-0.2, -0.15) is 0 Å². The van der Waals surface area contributed by atoms with Crippen LogP contribution in [0.1, 0.15) is 21.6 Å². The molecule has 0 aliphatic carbocycles. The number of nitrogens with one attached hydrogen (secondary N) is 1. The van der Waals surface area contributed by atoms with Crippen LogP contribution >= 0.6 is 0 Å². The Hall–Kier alpha value is -1.94. The van der Waals surface area contributed by atoms with Crippen molar-refractivity contribution in [1.29, 1.82) is 0 Å². The van der Waals surface area contributed by atoms with Crippen LogP contribution in [0.25, 0.3) is 10.9 Å². The van der Waals surface area contributed by atoms with Crippen molar-refractivity contribution in [1.82, 2.24) is 10.4 Å². The summed E-state index contributed by atoms with van der Waals surface area (Å²) in [5, 5.41) is 0.827. The first-order chi connectivity index (χ1) is 7.61.